The van der Waals surface area contributed by atoms with Crippen molar-refractivity contribution in [3.63, 3.8) is 0 Å². The lowest BCUT2D eigenvalue weighted by molar-refractivity contribution is -0.125. The van der Waals surface area contributed by atoms with Gasteiger partial charge in [-0.25, -0.2) is 9.29 Å². The van der Waals surface area contributed by atoms with Crippen LogP contribution in [0.3, 0.4) is 0 Å². The molecule has 1 saturated carbocycles. The topological polar surface area (TPSA) is 121 Å². The highest BCUT2D eigenvalue weighted by Crippen LogP contribution is 2.65. The van der Waals surface area contributed by atoms with Gasteiger partial charge in [0.05, 0.1) is 29.5 Å². The molecule has 9 rings (SSSR count). The van der Waals surface area contributed by atoms with Gasteiger partial charge in [0.15, 0.2) is 15.5 Å². The summed E-state index contributed by atoms with van der Waals surface area (Å²) >= 11 is 15.0. The zero-order valence-electron chi connectivity index (χ0n) is 28.2. The summed E-state index contributed by atoms with van der Waals surface area (Å²) in [5.74, 6) is -6.51. The van der Waals surface area contributed by atoms with Crippen molar-refractivity contribution >= 4 is 64.0 Å². The first-order valence-corrected chi connectivity index (χ1v) is 18.2. The fourth-order valence-corrected chi connectivity index (χ4v) is 9.93. The van der Waals surface area contributed by atoms with Crippen molar-refractivity contribution in [1.82, 2.24) is 0 Å². The molecule has 2 aliphatic carbocycles. The van der Waals surface area contributed by atoms with E-state index in [0.717, 1.165) is 21.9 Å². The molecule has 3 fully saturated rings. The van der Waals surface area contributed by atoms with Gasteiger partial charge in [0.25, 0.3) is 11.8 Å². The average molecular weight is 764 g/mol. The van der Waals surface area contributed by atoms with Crippen LogP contribution in [0.4, 0.5) is 15.8 Å². The van der Waals surface area contributed by atoms with Crippen molar-refractivity contribution in [3.8, 4) is 11.5 Å². The normalized spacial score (nSPS) is 28.4. The number of aromatic hydroxyl groups is 1. The van der Waals surface area contributed by atoms with Gasteiger partial charge in [-0.2, -0.15) is 0 Å². The molecule has 2 saturated heterocycles. The number of hydrogen-bond acceptors (Lipinski definition) is 7. The molecule has 9 nitrogen and oxygen atoms in total. The Morgan fingerprint density at radius 1 is 0.796 bits per heavy atom. The third-order valence-electron chi connectivity index (χ3n) is 11.5. The van der Waals surface area contributed by atoms with E-state index in [-0.39, 0.29) is 36.5 Å². The number of phenolic OH excluding ortho intramolecular Hbond substituents is 1. The third kappa shape index (κ3) is 4.79. The molecule has 6 unspecified atom stereocenters. The molecular weight excluding hydrogens is 734 g/mol. The van der Waals surface area contributed by atoms with Crippen LogP contribution in [0.25, 0.3) is 0 Å². The summed E-state index contributed by atoms with van der Waals surface area (Å²) in [4.78, 5) is 68.6. The number of nitrogens with zero attached hydrogens (tertiary/aromatic N) is 2. The Balaban J connectivity index is 1.12. The lowest BCUT2D eigenvalue weighted by atomic mass is 9.56. The monoisotopic (exact) mass is 762 g/mol. The maximum absolute atomic E-state index is 14.6. The zero-order valence-corrected chi connectivity index (χ0v) is 29.8. The number of anilines is 2. The van der Waals surface area contributed by atoms with E-state index in [0.29, 0.717) is 39.3 Å². The average Bonchev–Trinajstić information content (AvgIpc) is 3.52. The predicted octanol–water partition coefficient (Wildman–Crippen LogP) is 6.88. The molecule has 4 amide bonds. The van der Waals surface area contributed by atoms with Gasteiger partial charge in [-0.15, -0.1) is 23.2 Å². The summed E-state index contributed by atoms with van der Waals surface area (Å²) in [7, 11) is 0. The SMILES string of the molecule is O=C(c1ccccc1)c1ccc(N2C(=O)C3CC=C4C(CC5(Cl)C(=O)N(c6ccc(F)cc6)C(=O)C5(Cl)C4C4=COc5ccc(O)cc5C4)C3C2=O)cc1. The van der Waals surface area contributed by atoms with E-state index < -0.39 is 62.9 Å². The Morgan fingerprint density at radius 3 is 2.19 bits per heavy atom. The van der Waals surface area contributed by atoms with Gasteiger partial charge in [-0.1, -0.05) is 42.0 Å². The van der Waals surface area contributed by atoms with Gasteiger partial charge in [-0.05, 0) is 91.1 Å². The Labute approximate surface area is 318 Å². The number of amides is 4. The van der Waals surface area contributed by atoms with Crippen LogP contribution < -0.4 is 14.5 Å². The smallest absolute Gasteiger partial charge is 0.258 e. The molecule has 6 atom stereocenters. The van der Waals surface area contributed by atoms with Gasteiger partial charge < -0.3 is 9.84 Å². The molecule has 12 heteroatoms. The van der Waals surface area contributed by atoms with Gasteiger partial charge in [0.1, 0.15) is 17.3 Å². The quantitative estimate of drug-likeness (QED) is 0.102. The number of carbonyl (C=O) groups is 5. The van der Waals surface area contributed by atoms with Crippen LogP contribution in [0.2, 0.25) is 0 Å². The molecule has 0 radical (unpaired) electrons. The second-order valence-electron chi connectivity index (χ2n) is 14.3. The first kappa shape index (κ1) is 34.2. The van der Waals surface area contributed by atoms with Gasteiger partial charge >= 0.3 is 0 Å². The molecular formula is C42H29Cl2FN2O7. The van der Waals surface area contributed by atoms with Crippen LogP contribution in [-0.2, 0) is 25.6 Å². The molecule has 3 heterocycles. The number of ether oxygens (including phenoxy) is 1. The fraction of sp³-hybridized carbons (Fsp3) is 0.214. The maximum atomic E-state index is 14.6. The molecule has 3 aliphatic heterocycles. The van der Waals surface area contributed by atoms with E-state index in [1.165, 1.54) is 30.5 Å². The highest BCUT2D eigenvalue weighted by Gasteiger charge is 2.77. The number of imide groups is 2. The highest BCUT2D eigenvalue weighted by molar-refractivity contribution is 6.58. The summed E-state index contributed by atoms with van der Waals surface area (Å²) in [5.41, 5.74) is 2.91. The van der Waals surface area contributed by atoms with E-state index in [4.69, 9.17) is 27.9 Å². The molecule has 4 aromatic carbocycles. The Bertz CT molecular complexity index is 2380. The van der Waals surface area contributed by atoms with Gasteiger partial charge in [0.2, 0.25) is 11.8 Å². The van der Waals surface area contributed by atoms with E-state index in [9.17, 15) is 33.5 Å². The standard InChI is InChI=1S/C42H29Cl2FN2O7/c43-41-20-32-30(15-16-31-34(32)38(51)46(37(31)50)27-10-6-23(7-11-27)36(49)22-4-2-1-3-5-22)35(25-18-24-19-29(48)14-17-33(24)54-21-25)42(41,44)40(53)47(39(41)52)28-12-8-26(45)9-13-28/h1-15,17,19,21,31-32,34-35,48H,16,18,20H2. The molecule has 54 heavy (non-hydrogen) atoms. The molecule has 270 valence electrons. The number of halogens is 3. The molecule has 4 aromatic rings. The summed E-state index contributed by atoms with van der Waals surface area (Å²) in [6.45, 7) is 0. The number of fused-ring (bicyclic) bond motifs is 5. The van der Waals surface area contributed by atoms with Crippen LogP contribution >= 0.6 is 23.2 Å². The Morgan fingerprint density at radius 2 is 1.46 bits per heavy atom. The van der Waals surface area contributed by atoms with Crippen LogP contribution in [0, 0.1) is 29.5 Å². The van der Waals surface area contributed by atoms with E-state index >= 15 is 0 Å². The third-order valence-corrected chi connectivity index (χ3v) is 12.9. The molecule has 5 aliphatic rings. The predicted molar refractivity (Wildman–Crippen MR) is 197 cm³/mol. The summed E-state index contributed by atoms with van der Waals surface area (Å²) < 4.78 is 20.0. The number of rotatable bonds is 5. The summed E-state index contributed by atoms with van der Waals surface area (Å²) in [6.07, 6.45) is 3.36. The van der Waals surface area contributed by atoms with Crippen molar-refractivity contribution in [2.75, 3.05) is 9.80 Å². The van der Waals surface area contributed by atoms with Crippen molar-refractivity contribution < 1.29 is 38.2 Å². The molecule has 1 N–H and O–H groups in total. The highest BCUT2D eigenvalue weighted by atomic mass is 35.5. The minimum absolute atomic E-state index is 0.00523. The number of alkyl halides is 2. The Hall–Kier alpha value is -5.58. The van der Waals surface area contributed by atoms with Crippen LogP contribution in [0.1, 0.15) is 34.3 Å². The van der Waals surface area contributed by atoms with Crippen molar-refractivity contribution in [3.05, 3.63) is 143 Å². The molecule has 0 bridgehead atoms. The van der Waals surface area contributed by atoms with Crippen LogP contribution in [-0.4, -0.2) is 44.3 Å². The van der Waals surface area contributed by atoms with Crippen LogP contribution in [0.15, 0.2) is 121 Å². The number of benzene rings is 4. The lowest BCUT2D eigenvalue weighted by Crippen LogP contribution is -2.61. The lowest BCUT2D eigenvalue weighted by Gasteiger charge is -2.51. The number of phenols is 1. The van der Waals surface area contributed by atoms with Gasteiger partial charge in [-0.3, -0.25) is 28.9 Å². The number of allylic oxidation sites excluding steroid dienone is 3. The largest absolute Gasteiger partial charge is 0.508 e. The summed E-state index contributed by atoms with van der Waals surface area (Å²) in [5, 5.41) is 10.3. The second kappa shape index (κ2) is 12.2. The fourth-order valence-electron chi connectivity index (χ4n) is 8.98. The van der Waals surface area contributed by atoms with E-state index in [1.54, 1.807) is 54.6 Å². The van der Waals surface area contributed by atoms with E-state index in [1.807, 2.05) is 12.1 Å². The first-order valence-electron chi connectivity index (χ1n) is 17.4. The van der Waals surface area contributed by atoms with Crippen molar-refractivity contribution in [2.45, 2.75) is 29.0 Å². The molecule has 0 spiro atoms. The van der Waals surface area contributed by atoms with Crippen molar-refractivity contribution in [1.29, 1.82) is 0 Å². The van der Waals surface area contributed by atoms with Crippen molar-refractivity contribution in [2.24, 2.45) is 23.7 Å². The maximum Gasteiger partial charge on any atom is 0.258 e. The second-order valence-corrected chi connectivity index (χ2v) is 15.5. The minimum Gasteiger partial charge on any atom is -0.508 e. The van der Waals surface area contributed by atoms with Gasteiger partial charge in [0, 0.05) is 29.0 Å². The minimum atomic E-state index is -2.12. The number of carbonyl (C=O) groups excluding carboxylic acids is 5. The van der Waals surface area contributed by atoms with E-state index in [2.05, 4.69) is 0 Å². The number of ketones is 1. The number of hydrogen-bond donors (Lipinski definition) is 1. The van der Waals surface area contributed by atoms with Crippen LogP contribution in [0.5, 0.6) is 11.5 Å². The summed E-state index contributed by atoms with van der Waals surface area (Å²) in [6, 6.07) is 24.4. The Kier molecular flexibility index (Phi) is 7.74. The zero-order chi connectivity index (χ0) is 37.7. The molecule has 0 aromatic heterocycles. The first-order chi connectivity index (χ1) is 25.9.